The topological polar surface area (TPSA) is 56.3 Å². The molecular weight excluding hydrogens is 288 g/mol. The molecule has 4 aliphatic heterocycles. The number of aldehydes is 1. The summed E-state index contributed by atoms with van der Waals surface area (Å²) in [6, 6.07) is 9.49. The molecule has 120 valence electrons. The van der Waals surface area contributed by atoms with Gasteiger partial charge in [0, 0.05) is 47.1 Å². The number of aromatic nitrogens is 1. The van der Waals surface area contributed by atoms with Crippen molar-refractivity contribution in [3.05, 3.63) is 35.5 Å². The van der Waals surface area contributed by atoms with E-state index in [1.54, 1.807) is 0 Å². The van der Waals surface area contributed by atoms with Crippen molar-refractivity contribution in [2.75, 3.05) is 6.61 Å². The summed E-state index contributed by atoms with van der Waals surface area (Å²) in [6.07, 6.45) is 3.08. The van der Waals surface area contributed by atoms with Gasteiger partial charge in [-0.2, -0.15) is 0 Å². The number of H-pyrrole nitrogens is 1. The number of rotatable bonds is 2. The van der Waals surface area contributed by atoms with E-state index in [1.807, 2.05) is 0 Å². The summed E-state index contributed by atoms with van der Waals surface area (Å²) in [5.41, 5.74) is 3.96. The molecule has 4 aliphatic rings. The molecule has 0 radical (unpaired) electrons. The number of piperidine rings is 3. The minimum atomic E-state index is 0.0569. The van der Waals surface area contributed by atoms with Crippen LogP contribution >= 0.6 is 0 Å². The number of para-hydroxylation sites is 1. The Morgan fingerprint density at radius 2 is 2.22 bits per heavy atom. The summed E-state index contributed by atoms with van der Waals surface area (Å²) in [7, 11) is 0. The van der Waals surface area contributed by atoms with Gasteiger partial charge in [-0.1, -0.05) is 18.2 Å². The Balaban J connectivity index is 1.69. The van der Waals surface area contributed by atoms with Crippen LogP contribution in [0.3, 0.4) is 0 Å². The van der Waals surface area contributed by atoms with E-state index in [4.69, 9.17) is 0 Å². The molecular formula is C19H22N2O2. The second-order valence-electron chi connectivity index (χ2n) is 7.50. The standard InChI is InChI=1S/C19H22N2O2/c1-10-14(8-22)12-6-18-19-13(7-17(21(10)18)15(12)9-23)11-4-2-3-5-16(11)20-19/h2-5,9-10,12,14-15,17-18,20,22H,6-8H2,1H3/t10-,12-,14-,15+,17-,18-/m0/s1. The number of aliphatic hydroxyl groups is 1. The van der Waals surface area contributed by atoms with Crippen LogP contribution in [-0.2, 0) is 11.2 Å². The highest BCUT2D eigenvalue weighted by Gasteiger charge is 2.57. The number of carbonyl (C=O) groups excluding carboxylic acids is 1. The highest BCUT2D eigenvalue weighted by atomic mass is 16.3. The van der Waals surface area contributed by atoms with Gasteiger partial charge in [0.15, 0.2) is 0 Å². The van der Waals surface area contributed by atoms with Gasteiger partial charge in [-0.3, -0.25) is 4.90 Å². The van der Waals surface area contributed by atoms with E-state index in [0.717, 1.165) is 19.1 Å². The van der Waals surface area contributed by atoms with E-state index in [0.29, 0.717) is 24.0 Å². The van der Waals surface area contributed by atoms with Crippen LogP contribution in [0.1, 0.15) is 30.6 Å². The summed E-state index contributed by atoms with van der Waals surface area (Å²) in [5.74, 6) is 0.595. The maximum absolute atomic E-state index is 11.8. The van der Waals surface area contributed by atoms with Crippen molar-refractivity contribution < 1.29 is 9.90 Å². The first kappa shape index (κ1) is 13.8. The molecule has 0 aliphatic carbocycles. The van der Waals surface area contributed by atoms with Crippen LogP contribution in [0.25, 0.3) is 10.9 Å². The molecule has 2 aromatic rings. The molecule has 4 nitrogen and oxygen atoms in total. The number of benzene rings is 1. The van der Waals surface area contributed by atoms with Crippen molar-refractivity contribution >= 4 is 17.2 Å². The van der Waals surface area contributed by atoms with Crippen molar-refractivity contribution in [3.8, 4) is 0 Å². The van der Waals surface area contributed by atoms with Crippen LogP contribution < -0.4 is 0 Å². The summed E-state index contributed by atoms with van der Waals surface area (Å²) in [5, 5.41) is 11.1. The number of nitrogens with one attached hydrogen (secondary N) is 1. The van der Waals surface area contributed by atoms with Crippen molar-refractivity contribution in [1.29, 1.82) is 0 Å². The Hall–Kier alpha value is -1.65. The van der Waals surface area contributed by atoms with Gasteiger partial charge in [-0.05, 0) is 37.3 Å². The minimum absolute atomic E-state index is 0.0569. The van der Waals surface area contributed by atoms with E-state index >= 15 is 0 Å². The van der Waals surface area contributed by atoms with E-state index in [2.05, 4.69) is 41.1 Å². The van der Waals surface area contributed by atoms with Crippen molar-refractivity contribution in [2.24, 2.45) is 17.8 Å². The number of hydrogen-bond donors (Lipinski definition) is 2. The molecule has 2 N–H and O–H groups in total. The van der Waals surface area contributed by atoms with Crippen LogP contribution in [0, 0.1) is 17.8 Å². The lowest BCUT2D eigenvalue weighted by atomic mass is 9.60. The average Bonchev–Trinajstić information content (AvgIpc) is 2.94. The average molecular weight is 310 g/mol. The first-order chi connectivity index (χ1) is 11.2. The zero-order valence-corrected chi connectivity index (χ0v) is 13.3. The van der Waals surface area contributed by atoms with E-state index in [9.17, 15) is 9.90 Å². The van der Waals surface area contributed by atoms with Crippen LogP contribution in [-0.4, -0.2) is 40.0 Å². The second-order valence-corrected chi connectivity index (χ2v) is 7.50. The predicted molar refractivity (Wildman–Crippen MR) is 88.1 cm³/mol. The van der Waals surface area contributed by atoms with Crippen LogP contribution in [0.15, 0.2) is 24.3 Å². The van der Waals surface area contributed by atoms with Gasteiger partial charge in [-0.25, -0.2) is 0 Å². The molecule has 4 heteroatoms. The first-order valence-corrected chi connectivity index (χ1v) is 8.67. The predicted octanol–water partition coefficient (Wildman–Crippen LogP) is 2.28. The van der Waals surface area contributed by atoms with E-state index < -0.39 is 0 Å². The number of nitrogens with zero attached hydrogens (tertiary/aromatic N) is 1. The van der Waals surface area contributed by atoms with Gasteiger partial charge >= 0.3 is 0 Å². The largest absolute Gasteiger partial charge is 0.396 e. The summed E-state index contributed by atoms with van der Waals surface area (Å²) in [4.78, 5) is 18.0. The molecule has 3 saturated heterocycles. The summed E-state index contributed by atoms with van der Waals surface area (Å²) >= 11 is 0. The maximum atomic E-state index is 11.8. The monoisotopic (exact) mass is 310 g/mol. The highest BCUT2D eigenvalue weighted by molar-refractivity contribution is 5.85. The van der Waals surface area contributed by atoms with Crippen LogP contribution in [0.4, 0.5) is 0 Å². The zero-order chi connectivity index (χ0) is 15.7. The molecule has 6 rings (SSSR count). The quantitative estimate of drug-likeness (QED) is 0.837. The van der Waals surface area contributed by atoms with E-state index in [-0.39, 0.29) is 18.4 Å². The molecule has 5 heterocycles. The number of aromatic amines is 1. The lowest BCUT2D eigenvalue weighted by Gasteiger charge is -2.62. The first-order valence-electron chi connectivity index (χ1n) is 8.67. The third-order valence-electron chi connectivity index (χ3n) is 6.78. The van der Waals surface area contributed by atoms with Crippen molar-refractivity contribution in [3.63, 3.8) is 0 Å². The van der Waals surface area contributed by atoms with Gasteiger partial charge < -0.3 is 14.9 Å². The number of carbonyl (C=O) groups is 1. The number of fused-ring (bicyclic) bond motifs is 4. The molecule has 1 unspecified atom stereocenters. The molecule has 1 aromatic heterocycles. The third-order valence-corrected chi connectivity index (χ3v) is 6.78. The second kappa shape index (κ2) is 4.68. The molecule has 23 heavy (non-hydrogen) atoms. The lowest BCUT2D eigenvalue weighted by Crippen LogP contribution is -2.67. The normalized spacial score (nSPS) is 41.0. The smallest absolute Gasteiger partial charge is 0.124 e. The van der Waals surface area contributed by atoms with Gasteiger partial charge in [-0.15, -0.1) is 0 Å². The Bertz CT molecular complexity index is 783. The molecule has 0 amide bonds. The van der Waals surface area contributed by atoms with E-state index in [1.165, 1.54) is 22.2 Å². The number of aliphatic hydroxyl groups excluding tert-OH is 1. The molecule has 3 fully saturated rings. The highest BCUT2D eigenvalue weighted by Crippen LogP contribution is 2.55. The van der Waals surface area contributed by atoms with Crippen LogP contribution in [0.5, 0.6) is 0 Å². The van der Waals surface area contributed by atoms with Gasteiger partial charge in [0.25, 0.3) is 0 Å². The van der Waals surface area contributed by atoms with Gasteiger partial charge in [0.2, 0.25) is 0 Å². The Morgan fingerprint density at radius 1 is 1.39 bits per heavy atom. The third kappa shape index (κ3) is 1.60. The fourth-order valence-electron chi connectivity index (χ4n) is 5.80. The fraction of sp³-hybridized carbons (Fsp3) is 0.526. The molecule has 0 saturated carbocycles. The SMILES string of the molecule is C[C@H]1[C@H](CO)[C@@H]2C[C@H]3c4[nH]c5ccccc5c4C[C@@H]([C@@H]2C=O)N31. The fourth-order valence-corrected chi connectivity index (χ4v) is 5.80. The molecule has 1 aromatic carbocycles. The lowest BCUT2D eigenvalue weighted by molar-refractivity contribution is -0.153. The zero-order valence-electron chi connectivity index (χ0n) is 13.3. The minimum Gasteiger partial charge on any atom is -0.396 e. The Morgan fingerprint density at radius 3 is 3.00 bits per heavy atom. The Kier molecular flexibility index (Phi) is 2.80. The Labute approximate surface area is 135 Å². The number of hydrogen-bond acceptors (Lipinski definition) is 3. The van der Waals surface area contributed by atoms with Gasteiger partial charge in [0.1, 0.15) is 6.29 Å². The molecule has 4 bridgehead atoms. The maximum Gasteiger partial charge on any atom is 0.124 e. The molecule has 0 spiro atoms. The molecule has 7 atom stereocenters. The summed E-state index contributed by atoms with van der Waals surface area (Å²) in [6.45, 7) is 2.41. The van der Waals surface area contributed by atoms with Crippen molar-refractivity contribution in [2.45, 2.75) is 37.9 Å². The summed E-state index contributed by atoms with van der Waals surface area (Å²) < 4.78 is 0. The van der Waals surface area contributed by atoms with Crippen molar-refractivity contribution in [1.82, 2.24) is 9.88 Å². The van der Waals surface area contributed by atoms with Gasteiger partial charge in [0.05, 0.1) is 6.04 Å². The van der Waals surface area contributed by atoms with Crippen LogP contribution in [0.2, 0.25) is 0 Å².